The number of halogens is 1. The minimum atomic E-state index is 0.157. The van der Waals surface area contributed by atoms with Crippen molar-refractivity contribution in [2.45, 2.75) is 33.1 Å². The van der Waals surface area contributed by atoms with Gasteiger partial charge in [0.15, 0.2) is 0 Å². The maximum atomic E-state index is 9.66. The Morgan fingerprint density at radius 1 is 1.38 bits per heavy atom. The minimum absolute atomic E-state index is 0.157. The van der Waals surface area contributed by atoms with E-state index in [0.717, 1.165) is 17.5 Å². The highest BCUT2D eigenvalue weighted by Gasteiger charge is 2.18. The Balaban J connectivity index is 3.13. The lowest BCUT2D eigenvalue weighted by molar-refractivity contribution is 0.456. The highest BCUT2D eigenvalue weighted by Crippen LogP contribution is 2.35. The van der Waals surface area contributed by atoms with Gasteiger partial charge in [0.05, 0.1) is 5.02 Å². The van der Waals surface area contributed by atoms with Crippen LogP contribution in [-0.4, -0.2) is 11.7 Å². The molecule has 3 heteroatoms. The summed E-state index contributed by atoms with van der Waals surface area (Å²) in [7, 11) is 0. The van der Waals surface area contributed by atoms with Crippen LogP contribution in [0.15, 0.2) is 12.1 Å². The number of benzene rings is 1. The molecule has 0 aromatic heterocycles. The molecule has 0 bridgehead atoms. The third kappa shape index (κ3) is 2.89. The summed E-state index contributed by atoms with van der Waals surface area (Å²) >= 11 is 5.87. The van der Waals surface area contributed by atoms with Crippen molar-refractivity contribution in [1.29, 1.82) is 0 Å². The van der Waals surface area contributed by atoms with Gasteiger partial charge in [-0.25, -0.2) is 0 Å². The topological polar surface area (TPSA) is 46.2 Å². The fourth-order valence-electron chi connectivity index (χ4n) is 2.10. The Bertz CT molecular complexity index is 363. The van der Waals surface area contributed by atoms with Gasteiger partial charge in [0.1, 0.15) is 5.75 Å². The SMILES string of the molecule is Cc1cc(Cl)c(O)cc1C(CCN)C(C)C. The Labute approximate surface area is 102 Å². The summed E-state index contributed by atoms with van der Waals surface area (Å²) in [6.07, 6.45) is 0.930. The quantitative estimate of drug-likeness (QED) is 0.848. The van der Waals surface area contributed by atoms with Crippen LogP contribution < -0.4 is 5.73 Å². The fourth-order valence-corrected chi connectivity index (χ4v) is 2.32. The van der Waals surface area contributed by atoms with Gasteiger partial charge < -0.3 is 10.8 Å². The van der Waals surface area contributed by atoms with Crippen molar-refractivity contribution in [2.75, 3.05) is 6.54 Å². The lowest BCUT2D eigenvalue weighted by atomic mass is 9.83. The van der Waals surface area contributed by atoms with E-state index in [1.165, 1.54) is 0 Å². The van der Waals surface area contributed by atoms with Crippen molar-refractivity contribution in [3.05, 3.63) is 28.3 Å². The van der Waals surface area contributed by atoms with E-state index >= 15 is 0 Å². The van der Waals surface area contributed by atoms with Gasteiger partial charge in [-0.3, -0.25) is 0 Å². The average molecular weight is 242 g/mol. The van der Waals surface area contributed by atoms with E-state index in [-0.39, 0.29) is 5.75 Å². The van der Waals surface area contributed by atoms with Crippen LogP contribution in [0.4, 0.5) is 0 Å². The molecule has 0 aliphatic carbocycles. The zero-order valence-electron chi connectivity index (χ0n) is 10.1. The summed E-state index contributed by atoms with van der Waals surface area (Å²) < 4.78 is 0. The Morgan fingerprint density at radius 2 is 2.00 bits per heavy atom. The number of rotatable bonds is 4. The molecular formula is C13H20ClNO. The monoisotopic (exact) mass is 241 g/mol. The van der Waals surface area contributed by atoms with Gasteiger partial charge in [0.25, 0.3) is 0 Å². The van der Waals surface area contributed by atoms with Gasteiger partial charge in [-0.2, -0.15) is 0 Å². The summed E-state index contributed by atoms with van der Waals surface area (Å²) in [4.78, 5) is 0. The first-order valence-electron chi connectivity index (χ1n) is 5.66. The van der Waals surface area contributed by atoms with E-state index in [4.69, 9.17) is 17.3 Å². The molecule has 1 unspecified atom stereocenters. The highest BCUT2D eigenvalue weighted by atomic mass is 35.5. The number of phenols is 1. The van der Waals surface area contributed by atoms with Crippen LogP contribution in [0.3, 0.4) is 0 Å². The lowest BCUT2D eigenvalue weighted by Gasteiger charge is -2.23. The largest absolute Gasteiger partial charge is 0.506 e. The average Bonchev–Trinajstić information content (AvgIpc) is 2.20. The molecule has 0 spiro atoms. The summed E-state index contributed by atoms with van der Waals surface area (Å²) in [6.45, 7) is 7.02. The molecule has 0 saturated carbocycles. The maximum absolute atomic E-state index is 9.66. The second kappa shape index (κ2) is 5.55. The predicted molar refractivity (Wildman–Crippen MR) is 69.1 cm³/mol. The van der Waals surface area contributed by atoms with Crippen molar-refractivity contribution in [3.8, 4) is 5.75 Å². The first-order chi connectivity index (χ1) is 7.47. The normalized spacial score (nSPS) is 13.1. The van der Waals surface area contributed by atoms with Crippen LogP contribution >= 0.6 is 11.6 Å². The van der Waals surface area contributed by atoms with E-state index < -0.39 is 0 Å². The van der Waals surface area contributed by atoms with Crippen LogP contribution in [0.25, 0.3) is 0 Å². The Morgan fingerprint density at radius 3 is 2.50 bits per heavy atom. The van der Waals surface area contributed by atoms with Crippen molar-refractivity contribution in [1.82, 2.24) is 0 Å². The number of phenolic OH excluding ortho intramolecular Hbond substituents is 1. The second-order valence-electron chi connectivity index (χ2n) is 4.59. The van der Waals surface area contributed by atoms with Crippen LogP contribution in [0.5, 0.6) is 5.75 Å². The molecule has 0 saturated heterocycles. The maximum Gasteiger partial charge on any atom is 0.134 e. The van der Waals surface area contributed by atoms with Gasteiger partial charge in [0.2, 0.25) is 0 Å². The molecule has 1 aromatic rings. The molecule has 0 heterocycles. The summed E-state index contributed by atoms with van der Waals surface area (Å²) in [6, 6.07) is 3.59. The molecule has 3 N–H and O–H groups in total. The summed E-state index contributed by atoms with van der Waals surface area (Å²) in [5.41, 5.74) is 7.91. The van der Waals surface area contributed by atoms with E-state index in [9.17, 15) is 5.11 Å². The molecule has 1 rings (SSSR count). The molecule has 0 radical (unpaired) electrons. The number of hydrogen-bond acceptors (Lipinski definition) is 2. The summed E-state index contributed by atoms with van der Waals surface area (Å²) in [5, 5.41) is 10.1. The molecule has 0 aliphatic heterocycles. The summed E-state index contributed by atoms with van der Waals surface area (Å²) in [5.74, 6) is 1.04. The van der Waals surface area contributed by atoms with Gasteiger partial charge in [0, 0.05) is 0 Å². The number of aryl methyl sites for hydroxylation is 1. The minimum Gasteiger partial charge on any atom is -0.506 e. The lowest BCUT2D eigenvalue weighted by Crippen LogP contribution is -2.13. The predicted octanol–water partition coefficient (Wildman–Crippen LogP) is 3.44. The number of nitrogens with two attached hydrogens (primary N) is 1. The highest BCUT2D eigenvalue weighted by molar-refractivity contribution is 6.32. The van der Waals surface area contributed by atoms with Gasteiger partial charge in [-0.15, -0.1) is 0 Å². The first-order valence-corrected chi connectivity index (χ1v) is 6.04. The molecule has 1 aromatic carbocycles. The van der Waals surface area contributed by atoms with E-state index in [1.807, 2.05) is 13.0 Å². The molecule has 0 amide bonds. The standard InChI is InChI=1S/C13H20ClNO/c1-8(2)10(4-5-15)11-7-13(16)12(14)6-9(11)3/h6-8,10,16H,4-5,15H2,1-3H3. The third-order valence-electron chi connectivity index (χ3n) is 3.02. The Kier molecular flexibility index (Phi) is 4.63. The first kappa shape index (κ1) is 13.3. The Hall–Kier alpha value is -0.730. The van der Waals surface area contributed by atoms with Crippen LogP contribution in [0.1, 0.15) is 37.3 Å². The van der Waals surface area contributed by atoms with Crippen LogP contribution in [0, 0.1) is 12.8 Å². The number of hydrogen-bond donors (Lipinski definition) is 2. The van der Waals surface area contributed by atoms with Gasteiger partial charge in [-0.1, -0.05) is 25.4 Å². The van der Waals surface area contributed by atoms with Crippen LogP contribution in [0.2, 0.25) is 5.02 Å². The van der Waals surface area contributed by atoms with E-state index in [1.54, 1.807) is 6.07 Å². The van der Waals surface area contributed by atoms with Gasteiger partial charge >= 0.3 is 0 Å². The molecular weight excluding hydrogens is 222 g/mol. The molecule has 2 nitrogen and oxygen atoms in total. The zero-order chi connectivity index (χ0) is 12.3. The van der Waals surface area contributed by atoms with E-state index in [2.05, 4.69) is 13.8 Å². The second-order valence-corrected chi connectivity index (χ2v) is 5.00. The smallest absolute Gasteiger partial charge is 0.134 e. The molecule has 0 aliphatic rings. The van der Waals surface area contributed by atoms with Crippen molar-refractivity contribution in [2.24, 2.45) is 11.7 Å². The van der Waals surface area contributed by atoms with Gasteiger partial charge in [-0.05, 0) is 55.0 Å². The molecule has 1 atom stereocenters. The van der Waals surface area contributed by atoms with Crippen molar-refractivity contribution in [3.63, 3.8) is 0 Å². The molecule has 16 heavy (non-hydrogen) atoms. The zero-order valence-corrected chi connectivity index (χ0v) is 10.9. The van der Waals surface area contributed by atoms with Crippen molar-refractivity contribution >= 4 is 11.6 Å². The molecule has 90 valence electrons. The fraction of sp³-hybridized carbons (Fsp3) is 0.538. The van der Waals surface area contributed by atoms with Crippen molar-refractivity contribution < 1.29 is 5.11 Å². The van der Waals surface area contributed by atoms with E-state index in [0.29, 0.717) is 23.4 Å². The molecule has 0 fully saturated rings. The number of aromatic hydroxyl groups is 1. The third-order valence-corrected chi connectivity index (χ3v) is 3.32. The van der Waals surface area contributed by atoms with Crippen LogP contribution in [-0.2, 0) is 0 Å².